The maximum absolute atomic E-state index is 8.69. The van der Waals surface area contributed by atoms with Crippen LogP contribution in [0, 0.1) is 18.3 Å². The van der Waals surface area contributed by atoms with Gasteiger partial charge in [0, 0.05) is 18.7 Å². The first-order valence-corrected chi connectivity index (χ1v) is 5.93. The summed E-state index contributed by atoms with van der Waals surface area (Å²) >= 11 is 0. The summed E-state index contributed by atoms with van der Waals surface area (Å²) in [7, 11) is 0. The van der Waals surface area contributed by atoms with E-state index in [1.54, 1.807) is 0 Å². The van der Waals surface area contributed by atoms with Crippen LogP contribution in [-0.4, -0.2) is 22.8 Å². The molecule has 0 bridgehead atoms. The van der Waals surface area contributed by atoms with Crippen LogP contribution in [-0.2, 0) is 6.54 Å². The summed E-state index contributed by atoms with van der Waals surface area (Å²) in [6.07, 6.45) is 0.473. The highest BCUT2D eigenvalue weighted by molar-refractivity contribution is 5.80. The van der Waals surface area contributed by atoms with Gasteiger partial charge in [-0.2, -0.15) is 5.26 Å². The van der Waals surface area contributed by atoms with E-state index >= 15 is 0 Å². The largest absolute Gasteiger partial charge is 0.486 e. The second-order valence-electron chi connectivity index (χ2n) is 4.20. The number of fused-ring (bicyclic) bond motifs is 2. The summed E-state index contributed by atoms with van der Waals surface area (Å²) in [6, 6.07) is 6.00. The zero-order valence-electron chi connectivity index (χ0n) is 10.1. The average Bonchev–Trinajstić information content (AvgIpc) is 2.68. The van der Waals surface area contributed by atoms with Crippen LogP contribution in [0.3, 0.4) is 0 Å². The first kappa shape index (κ1) is 10.9. The van der Waals surface area contributed by atoms with Gasteiger partial charge in [-0.3, -0.25) is 0 Å². The smallest absolute Gasteiger partial charge is 0.163 e. The number of rotatable bonds is 2. The Morgan fingerprint density at radius 1 is 1.33 bits per heavy atom. The molecule has 0 atom stereocenters. The minimum Gasteiger partial charge on any atom is -0.486 e. The van der Waals surface area contributed by atoms with Gasteiger partial charge < -0.3 is 14.0 Å². The van der Waals surface area contributed by atoms with Gasteiger partial charge in [-0.25, -0.2) is 4.98 Å². The Balaban J connectivity index is 2.13. The molecule has 0 saturated carbocycles. The molecule has 0 spiro atoms. The molecule has 1 aromatic carbocycles. The number of aromatic nitrogens is 2. The number of aryl methyl sites for hydroxylation is 2. The second kappa shape index (κ2) is 4.22. The predicted octanol–water partition coefficient (Wildman–Crippen LogP) is 2.03. The lowest BCUT2D eigenvalue weighted by Gasteiger charge is -2.18. The van der Waals surface area contributed by atoms with Crippen molar-refractivity contribution in [3.8, 4) is 17.6 Å². The van der Waals surface area contributed by atoms with E-state index in [0.29, 0.717) is 26.2 Å². The van der Waals surface area contributed by atoms with E-state index in [2.05, 4.69) is 11.1 Å². The first-order valence-electron chi connectivity index (χ1n) is 5.93. The van der Waals surface area contributed by atoms with Gasteiger partial charge in [0.05, 0.1) is 23.5 Å². The van der Waals surface area contributed by atoms with E-state index in [1.807, 2.05) is 23.6 Å². The fourth-order valence-corrected chi connectivity index (χ4v) is 2.23. The second-order valence-corrected chi connectivity index (χ2v) is 4.20. The Labute approximate surface area is 105 Å². The van der Waals surface area contributed by atoms with Gasteiger partial charge >= 0.3 is 0 Å². The van der Waals surface area contributed by atoms with E-state index in [-0.39, 0.29) is 0 Å². The van der Waals surface area contributed by atoms with Crippen molar-refractivity contribution in [1.82, 2.24) is 9.55 Å². The van der Waals surface area contributed by atoms with Crippen molar-refractivity contribution in [2.75, 3.05) is 13.2 Å². The summed E-state index contributed by atoms with van der Waals surface area (Å²) in [5, 5.41) is 8.69. The number of ether oxygens (including phenoxy) is 2. The number of imidazole rings is 1. The van der Waals surface area contributed by atoms with Crippen molar-refractivity contribution in [3.63, 3.8) is 0 Å². The molecule has 18 heavy (non-hydrogen) atoms. The molecule has 0 N–H and O–H groups in total. The lowest BCUT2D eigenvalue weighted by atomic mass is 10.2. The van der Waals surface area contributed by atoms with Crippen molar-refractivity contribution in [3.05, 3.63) is 18.0 Å². The lowest BCUT2D eigenvalue weighted by Crippen LogP contribution is -2.15. The average molecular weight is 243 g/mol. The van der Waals surface area contributed by atoms with Gasteiger partial charge in [-0.15, -0.1) is 0 Å². The van der Waals surface area contributed by atoms with Crippen LogP contribution in [0.2, 0.25) is 0 Å². The topological polar surface area (TPSA) is 60.1 Å². The van der Waals surface area contributed by atoms with E-state index in [0.717, 1.165) is 28.4 Å². The molecule has 0 fully saturated rings. The standard InChI is InChI=1S/C13H13N3O2/c1-9-15-10-7-12-13(18-6-5-17-12)8-11(10)16(9)4-2-3-14/h7-8H,2,4-6H2,1H3. The van der Waals surface area contributed by atoms with Gasteiger partial charge in [0.15, 0.2) is 11.5 Å². The third kappa shape index (κ3) is 1.66. The molecule has 0 aliphatic carbocycles. The molecule has 5 heteroatoms. The van der Waals surface area contributed by atoms with Crippen LogP contribution in [0.4, 0.5) is 0 Å². The Kier molecular flexibility index (Phi) is 2.56. The van der Waals surface area contributed by atoms with Crippen LogP contribution >= 0.6 is 0 Å². The molecule has 2 aromatic rings. The number of nitriles is 1. The SMILES string of the molecule is Cc1nc2cc3c(cc2n1CCC#N)OCCO3. The maximum Gasteiger partial charge on any atom is 0.163 e. The van der Waals surface area contributed by atoms with Crippen molar-refractivity contribution in [1.29, 1.82) is 5.26 Å². The maximum atomic E-state index is 8.69. The molecule has 1 aromatic heterocycles. The van der Waals surface area contributed by atoms with E-state index in [1.165, 1.54) is 0 Å². The summed E-state index contributed by atoms with van der Waals surface area (Å²) in [6.45, 7) is 3.74. The Bertz CT molecular complexity index is 640. The number of benzene rings is 1. The lowest BCUT2D eigenvalue weighted by molar-refractivity contribution is 0.172. The molecule has 0 saturated heterocycles. The molecule has 2 heterocycles. The van der Waals surface area contributed by atoms with Crippen molar-refractivity contribution in [2.24, 2.45) is 0 Å². The molecular weight excluding hydrogens is 230 g/mol. The predicted molar refractivity (Wildman–Crippen MR) is 65.7 cm³/mol. The van der Waals surface area contributed by atoms with Crippen molar-refractivity contribution < 1.29 is 9.47 Å². The molecular formula is C13H13N3O2. The van der Waals surface area contributed by atoms with E-state index < -0.39 is 0 Å². The molecule has 3 rings (SSSR count). The van der Waals surface area contributed by atoms with Crippen LogP contribution < -0.4 is 9.47 Å². The quantitative estimate of drug-likeness (QED) is 0.809. The molecule has 1 aliphatic rings. The number of hydrogen-bond acceptors (Lipinski definition) is 4. The number of nitrogens with zero attached hydrogens (tertiary/aromatic N) is 3. The van der Waals surface area contributed by atoms with E-state index in [9.17, 15) is 0 Å². The van der Waals surface area contributed by atoms with Gasteiger partial charge in [0.2, 0.25) is 0 Å². The fourth-order valence-electron chi connectivity index (χ4n) is 2.23. The van der Waals surface area contributed by atoms with Crippen molar-refractivity contribution in [2.45, 2.75) is 19.9 Å². The van der Waals surface area contributed by atoms with Gasteiger partial charge in [0.1, 0.15) is 19.0 Å². The summed E-state index contributed by atoms with van der Waals surface area (Å²) in [5.74, 6) is 2.41. The van der Waals surface area contributed by atoms with Gasteiger partial charge in [-0.1, -0.05) is 0 Å². The minimum absolute atomic E-state index is 0.473. The minimum atomic E-state index is 0.473. The molecule has 5 nitrogen and oxygen atoms in total. The van der Waals surface area contributed by atoms with E-state index in [4.69, 9.17) is 14.7 Å². The monoisotopic (exact) mass is 243 g/mol. The highest BCUT2D eigenvalue weighted by Crippen LogP contribution is 2.34. The fraction of sp³-hybridized carbons (Fsp3) is 0.385. The highest BCUT2D eigenvalue weighted by atomic mass is 16.6. The summed E-state index contributed by atoms with van der Waals surface area (Å²) < 4.78 is 13.1. The molecule has 92 valence electrons. The summed E-state index contributed by atoms with van der Waals surface area (Å²) in [4.78, 5) is 4.49. The van der Waals surface area contributed by atoms with Crippen LogP contribution in [0.15, 0.2) is 12.1 Å². The first-order chi connectivity index (χ1) is 8.79. The normalized spacial score (nSPS) is 13.6. The van der Waals surface area contributed by atoms with Crippen LogP contribution in [0.5, 0.6) is 11.5 Å². The van der Waals surface area contributed by atoms with Crippen LogP contribution in [0.25, 0.3) is 11.0 Å². The highest BCUT2D eigenvalue weighted by Gasteiger charge is 2.16. The Hall–Kier alpha value is -2.22. The summed E-state index contributed by atoms with van der Waals surface area (Å²) in [5.41, 5.74) is 1.88. The third-order valence-electron chi connectivity index (χ3n) is 3.05. The van der Waals surface area contributed by atoms with Crippen LogP contribution in [0.1, 0.15) is 12.2 Å². The van der Waals surface area contributed by atoms with Crippen molar-refractivity contribution >= 4 is 11.0 Å². The molecule has 0 radical (unpaired) electrons. The third-order valence-corrected chi connectivity index (χ3v) is 3.05. The molecule has 0 amide bonds. The Morgan fingerprint density at radius 3 is 2.78 bits per heavy atom. The van der Waals surface area contributed by atoms with Gasteiger partial charge in [0.25, 0.3) is 0 Å². The van der Waals surface area contributed by atoms with Gasteiger partial charge in [-0.05, 0) is 6.92 Å². The zero-order chi connectivity index (χ0) is 12.5. The Morgan fingerprint density at radius 2 is 2.06 bits per heavy atom. The molecule has 1 aliphatic heterocycles. The zero-order valence-corrected chi connectivity index (χ0v) is 10.1. The number of hydrogen-bond donors (Lipinski definition) is 0. The molecule has 0 unspecified atom stereocenters.